The van der Waals surface area contributed by atoms with E-state index < -0.39 is 12.0 Å². The molecule has 7 heteroatoms. The lowest BCUT2D eigenvalue weighted by Gasteiger charge is -2.22. The van der Waals surface area contributed by atoms with Gasteiger partial charge in [0.25, 0.3) is 5.91 Å². The number of rotatable bonds is 7. The number of thiocarbonyl (C=S) groups is 1. The summed E-state index contributed by atoms with van der Waals surface area (Å²) in [6.07, 6.45) is 3.77. The topological polar surface area (TPSA) is 60.9 Å². The fourth-order valence-corrected chi connectivity index (χ4v) is 3.89. The average Bonchev–Trinajstić information content (AvgIpc) is 2.83. The molecule has 1 amide bonds. The van der Waals surface area contributed by atoms with Crippen LogP contribution in [0.1, 0.15) is 31.7 Å². The maximum absolute atomic E-state index is 12.7. The zero-order valence-corrected chi connectivity index (χ0v) is 16.2. The maximum Gasteiger partial charge on any atom is 0.326 e. The number of unbranched alkanes of at least 4 members (excludes halogenated alkanes) is 1. The molecule has 0 aliphatic carbocycles. The highest BCUT2D eigenvalue weighted by atomic mass is 32.2. The summed E-state index contributed by atoms with van der Waals surface area (Å²) < 4.78 is 0.310. The lowest BCUT2D eigenvalue weighted by atomic mass is 10.1. The molecule has 1 aromatic carbocycles. The lowest BCUT2D eigenvalue weighted by Crippen LogP contribution is -2.43. The predicted octanol–water partition coefficient (Wildman–Crippen LogP) is 3.60. The van der Waals surface area contributed by atoms with Crippen LogP contribution in [0.4, 0.5) is 5.69 Å². The van der Waals surface area contributed by atoms with Gasteiger partial charge in [-0.1, -0.05) is 55.9 Å². The smallest absolute Gasteiger partial charge is 0.326 e. The number of thioether (sulfide) groups is 1. The summed E-state index contributed by atoms with van der Waals surface area (Å²) in [5, 5.41) is 9.47. The summed E-state index contributed by atoms with van der Waals surface area (Å²) in [5.41, 5.74) is 1.95. The largest absolute Gasteiger partial charge is 0.480 e. The Kier molecular flexibility index (Phi) is 6.61. The van der Waals surface area contributed by atoms with Gasteiger partial charge in [-0.05, 0) is 30.2 Å². The zero-order valence-electron chi connectivity index (χ0n) is 14.6. The molecule has 5 nitrogen and oxygen atoms in total. The van der Waals surface area contributed by atoms with Gasteiger partial charge in [0, 0.05) is 19.8 Å². The third-order valence-corrected chi connectivity index (χ3v) is 5.29. The number of carboxylic acids is 1. The van der Waals surface area contributed by atoms with Crippen molar-refractivity contribution < 1.29 is 14.7 Å². The second-order valence-electron chi connectivity index (χ2n) is 6.03. The van der Waals surface area contributed by atoms with Gasteiger partial charge < -0.3 is 10.0 Å². The van der Waals surface area contributed by atoms with Crippen molar-refractivity contribution in [1.29, 1.82) is 0 Å². The first-order chi connectivity index (χ1) is 11.8. The Bertz CT molecular complexity index is 699. The van der Waals surface area contributed by atoms with Crippen LogP contribution in [-0.4, -0.2) is 46.3 Å². The molecular formula is C18H22N2O3S2. The quantitative estimate of drug-likeness (QED) is 0.578. The molecule has 1 aliphatic rings. The lowest BCUT2D eigenvalue weighted by molar-refractivity contribution is -0.145. The average molecular weight is 379 g/mol. The van der Waals surface area contributed by atoms with Crippen molar-refractivity contribution in [3.05, 3.63) is 34.7 Å². The molecule has 1 fully saturated rings. The Labute approximate surface area is 157 Å². The Morgan fingerprint density at radius 1 is 1.36 bits per heavy atom. The summed E-state index contributed by atoms with van der Waals surface area (Å²) in [6, 6.07) is 6.89. The zero-order chi connectivity index (χ0) is 18.6. The minimum atomic E-state index is -1.01. The maximum atomic E-state index is 12.7. The van der Waals surface area contributed by atoms with Gasteiger partial charge in [0.1, 0.15) is 10.4 Å². The van der Waals surface area contributed by atoms with Gasteiger partial charge in [0.2, 0.25) is 0 Å². The molecule has 1 N–H and O–H groups in total. The molecule has 0 aromatic heterocycles. The number of nitrogens with zero attached hydrogens (tertiary/aromatic N) is 2. The first-order valence-electron chi connectivity index (χ1n) is 8.12. The van der Waals surface area contributed by atoms with E-state index in [-0.39, 0.29) is 5.91 Å². The molecule has 2 rings (SSSR count). The van der Waals surface area contributed by atoms with E-state index in [4.69, 9.17) is 12.2 Å². The molecule has 1 aromatic rings. The fraction of sp³-hybridized carbons (Fsp3) is 0.389. The molecule has 1 heterocycles. The summed E-state index contributed by atoms with van der Waals surface area (Å²) >= 11 is 6.43. The van der Waals surface area contributed by atoms with Crippen LogP contribution in [-0.2, 0) is 9.59 Å². The molecule has 1 unspecified atom stereocenters. The van der Waals surface area contributed by atoms with Crippen LogP contribution in [0.25, 0.3) is 6.08 Å². The van der Waals surface area contributed by atoms with Crippen LogP contribution < -0.4 is 4.90 Å². The third-order valence-electron chi connectivity index (χ3n) is 3.96. The predicted molar refractivity (Wildman–Crippen MR) is 107 cm³/mol. The van der Waals surface area contributed by atoms with Crippen molar-refractivity contribution >= 4 is 51.9 Å². The SMILES string of the molecule is CCCCC(C(=O)O)N1C(=O)/C(=C/c2ccc(N(C)C)cc2)SC1=S. The van der Waals surface area contributed by atoms with E-state index in [1.165, 1.54) is 4.90 Å². The minimum absolute atomic E-state index is 0.310. The van der Waals surface area contributed by atoms with E-state index in [0.717, 1.165) is 35.9 Å². The van der Waals surface area contributed by atoms with Crippen LogP contribution in [0.5, 0.6) is 0 Å². The molecule has 0 radical (unpaired) electrons. The van der Waals surface area contributed by atoms with Crippen molar-refractivity contribution in [2.24, 2.45) is 0 Å². The molecule has 1 atom stereocenters. The molecule has 0 saturated carbocycles. The molecule has 0 spiro atoms. The summed E-state index contributed by atoms with van der Waals surface area (Å²) in [4.78, 5) is 28.0. The van der Waals surface area contributed by atoms with Crippen molar-refractivity contribution in [2.75, 3.05) is 19.0 Å². The van der Waals surface area contributed by atoms with Crippen LogP contribution in [0.2, 0.25) is 0 Å². The van der Waals surface area contributed by atoms with Crippen molar-refractivity contribution in [3.8, 4) is 0 Å². The van der Waals surface area contributed by atoms with E-state index in [1.807, 2.05) is 50.2 Å². The number of carboxylic acid groups (broad SMARTS) is 1. The second kappa shape index (κ2) is 8.49. The Morgan fingerprint density at radius 2 is 2.00 bits per heavy atom. The first-order valence-corrected chi connectivity index (χ1v) is 9.35. The van der Waals surface area contributed by atoms with Gasteiger partial charge in [-0.15, -0.1) is 0 Å². The number of anilines is 1. The number of aliphatic carboxylic acids is 1. The minimum Gasteiger partial charge on any atom is -0.480 e. The molecule has 25 heavy (non-hydrogen) atoms. The number of benzene rings is 1. The first kappa shape index (κ1) is 19.5. The fourth-order valence-electron chi connectivity index (χ4n) is 2.53. The second-order valence-corrected chi connectivity index (χ2v) is 7.71. The van der Waals surface area contributed by atoms with Crippen molar-refractivity contribution in [3.63, 3.8) is 0 Å². The van der Waals surface area contributed by atoms with E-state index in [1.54, 1.807) is 6.08 Å². The Hall–Kier alpha value is -1.86. The van der Waals surface area contributed by atoms with E-state index >= 15 is 0 Å². The number of carbonyl (C=O) groups is 2. The molecule has 0 bridgehead atoms. The number of hydrogen-bond acceptors (Lipinski definition) is 5. The highest BCUT2D eigenvalue weighted by Gasteiger charge is 2.40. The van der Waals surface area contributed by atoms with Gasteiger partial charge in [-0.2, -0.15) is 0 Å². The number of carbonyl (C=O) groups excluding carboxylic acids is 1. The van der Waals surface area contributed by atoms with E-state index in [0.29, 0.717) is 15.6 Å². The van der Waals surface area contributed by atoms with Crippen molar-refractivity contribution in [1.82, 2.24) is 4.90 Å². The monoisotopic (exact) mass is 378 g/mol. The standard InChI is InChI=1S/C18H22N2O3S2/c1-4-5-6-14(17(22)23)20-16(21)15(25-18(20)24)11-12-7-9-13(10-8-12)19(2)3/h7-11,14H,4-6H2,1-3H3,(H,22,23)/b15-11-. The van der Waals surface area contributed by atoms with Crippen LogP contribution in [0, 0.1) is 0 Å². The van der Waals surface area contributed by atoms with Gasteiger partial charge in [-0.3, -0.25) is 9.69 Å². The highest BCUT2D eigenvalue weighted by Crippen LogP contribution is 2.35. The van der Waals surface area contributed by atoms with E-state index in [2.05, 4.69) is 0 Å². The highest BCUT2D eigenvalue weighted by molar-refractivity contribution is 8.26. The van der Waals surface area contributed by atoms with Gasteiger partial charge in [0.05, 0.1) is 4.91 Å². The molecule has 1 aliphatic heterocycles. The van der Waals surface area contributed by atoms with E-state index in [9.17, 15) is 14.7 Å². The normalized spacial score (nSPS) is 17.2. The number of hydrogen-bond donors (Lipinski definition) is 1. The summed E-state index contributed by atoms with van der Waals surface area (Å²) in [7, 11) is 3.92. The molecular weight excluding hydrogens is 356 g/mol. The Morgan fingerprint density at radius 3 is 2.52 bits per heavy atom. The summed E-state index contributed by atoms with van der Waals surface area (Å²) in [5.74, 6) is -1.34. The Balaban J connectivity index is 2.23. The van der Waals surface area contributed by atoms with Gasteiger partial charge >= 0.3 is 5.97 Å². The van der Waals surface area contributed by atoms with Gasteiger partial charge in [0.15, 0.2) is 0 Å². The number of amides is 1. The van der Waals surface area contributed by atoms with Gasteiger partial charge in [-0.25, -0.2) is 4.79 Å². The van der Waals surface area contributed by atoms with Crippen LogP contribution in [0.3, 0.4) is 0 Å². The van der Waals surface area contributed by atoms with Crippen molar-refractivity contribution in [2.45, 2.75) is 32.2 Å². The third kappa shape index (κ3) is 4.61. The molecule has 1 saturated heterocycles. The van der Waals surface area contributed by atoms with Crippen LogP contribution in [0.15, 0.2) is 29.2 Å². The van der Waals surface area contributed by atoms with Crippen LogP contribution >= 0.6 is 24.0 Å². The summed E-state index contributed by atoms with van der Waals surface area (Å²) in [6.45, 7) is 1.99. The molecule has 134 valence electrons.